The maximum atomic E-state index is 12.7. The third-order valence-corrected chi connectivity index (χ3v) is 3.60. The number of anilines is 1. The van der Waals surface area contributed by atoms with Crippen LogP contribution in [0.25, 0.3) is 5.69 Å². The molecule has 0 aliphatic rings. The lowest BCUT2D eigenvalue weighted by molar-refractivity contribution is -0.137. The van der Waals surface area contributed by atoms with Crippen molar-refractivity contribution in [3.63, 3.8) is 0 Å². The molecule has 2 aromatic heterocycles. The number of rotatable bonds is 3. The lowest BCUT2D eigenvalue weighted by Crippen LogP contribution is -2.03. The van der Waals surface area contributed by atoms with Crippen molar-refractivity contribution in [3.8, 4) is 5.69 Å². The number of H-pyrrole nitrogens is 1. The van der Waals surface area contributed by atoms with Crippen LogP contribution in [-0.2, 0) is 6.18 Å². The van der Waals surface area contributed by atoms with Crippen LogP contribution < -0.4 is 5.73 Å². The SMILES string of the molecule is C[C@H](c1ccc(-n2cc(C(F)(F)F)cc2N)cc1)c1nn[nH]n1. The van der Waals surface area contributed by atoms with Gasteiger partial charge in [-0.1, -0.05) is 24.3 Å². The second-order valence-corrected chi connectivity index (χ2v) is 5.10. The number of nitrogens with zero attached hydrogens (tertiary/aromatic N) is 4. The van der Waals surface area contributed by atoms with Crippen molar-refractivity contribution in [2.24, 2.45) is 0 Å². The number of aromatic amines is 1. The van der Waals surface area contributed by atoms with Crippen LogP contribution in [0, 0.1) is 0 Å². The number of alkyl halides is 3. The minimum Gasteiger partial charge on any atom is -0.385 e. The van der Waals surface area contributed by atoms with E-state index in [-0.39, 0.29) is 11.7 Å². The fourth-order valence-corrected chi connectivity index (χ4v) is 2.28. The number of halogens is 3. The van der Waals surface area contributed by atoms with Gasteiger partial charge in [0.25, 0.3) is 0 Å². The molecule has 0 spiro atoms. The summed E-state index contributed by atoms with van der Waals surface area (Å²) < 4.78 is 39.5. The summed E-state index contributed by atoms with van der Waals surface area (Å²) in [6, 6.07) is 7.90. The molecule has 0 aliphatic carbocycles. The molecule has 23 heavy (non-hydrogen) atoms. The van der Waals surface area contributed by atoms with Crippen LogP contribution in [0.2, 0.25) is 0 Å². The fourth-order valence-electron chi connectivity index (χ4n) is 2.28. The lowest BCUT2D eigenvalue weighted by atomic mass is 10.0. The van der Waals surface area contributed by atoms with E-state index in [0.29, 0.717) is 11.5 Å². The molecule has 1 atom stereocenters. The molecule has 9 heteroatoms. The molecule has 0 amide bonds. The number of nitrogen functional groups attached to an aromatic ring is 1. The van der Waals surface area contributed by atoms with Gasteiger partial charge >= 0.3 is 6.18 Å². The average Bonchev–Trinajstić information content (AvgIpc) is 3.15. The van der Waals surface area contributed by atoms with Gasteiger partial charge in [-0.15, -0.1) is 10.2 Å². The molecule has 6 nitrogen and oxygen atoms in total. The van der Waals surface area contributed by atoms with Gasteiger partial charge in [-0.25, -0.2) is 0 Å². The van der Waals surface area contributed by atoms with Crippen molar-refractivity contribution >= 4 is 5.82 Å². The third kappa shape index (κ3) is 2.89. The smallest absolute Gasteiger partial charge is 0.385 e. The molecule has 0 aliphatic heterocycles. The number of hydrogen-bond donors (Lipinski definition) is 2. The van der Waals surface area contributed by atoms with Gasteiger partial charge in [-0.2, -0.15) is 18.4 Å². The normalized spacial score (nSPS) is 13.2. The van der Waals surface area contributed by atoms with Crippen molar-refractivity contribution in [1.29, 1.82) is 0 Å². The van der Waals surface area contributed by atoms with Crippen LogP contribution in [0.5, 0.6) is 0 Å². The summed E-state index contributed by atoms with van der Waals surface area (Å²) in [5, 5.41) is 13.7. The molecule has 3 aromatic rings. The minimum atomic E-state index is -4.42. The molecule has 0 fully saturated rings. The number of hydrogen-bond acceptors (Lipinski definition) is 4. The highest BCUT2D eigenvalue weighted by Crippen LogP contribution is 2.33. The largest absolute Gasteiger partial charge is 0.417 e. The van der Waals surface area contributed by atoms with Gasteiger partial charge in [0.05, 0.1) is 5.56 Å². The zero-order valence-electron chi connectivity index (χ0n) is 12.0. The summed E-state index contributed by atoms with van der Waals surface area (Å²) in [5.74, 6) is 0.476. The van der Waals surface area contributed by atoms with Crippen molar-refractivity contribution in [2.75, 3.05) is 5.73 Å². The van der Waals surface area contributed by atoms with Gasteiger partial charge in [-0.05, 0) is 23.8 Å². The Morgan fingerprint density at radius 3 is 2.43 bits per heavy atom. The molecule has 1 aromatic carbocycles. The summed E-state index contributed by atoms with van der Waals surface area (Å²) >= 11 is 0. The van der Waals surface area contributed by atoms with Crippen molar-refractivity contribution in [3.05, 3.63) is 53.5 Å². The van der Waals surface area contributed by atoms with Crippen LogP contribution in [0.1, 0.15) is 29.8 Å². The zero-order valence-corrected chi connectivity index (χ0v) is 12.0. The second-order valence-electron chi connectivity index (χ2n) is 5.10. The second kappa shape index (κ2) is 5.41. The molecule has 3 N–H and O–H groups in total. The van der Waals surface area contributed by atoms with Crippen molar-refractivity contribution in [1.82, 2.24) is 25.2 Å². The van der Waals surface area contributed by atoms with Gasteiger partial charge in [0.15, 0.2) is 5.82 Å². The predicted molar refractivity (Wildman–Crippen MR) is 76.9 cm³/mol. The topological polar surface area (TPSA) is 85.4 Å². The first kappa shape index (κ1) is 15.1. The minimum absolute atomic E-state index is 0.0243. The Hall–Kier alpha value is -2.84. The number of aromatic nitrogens is 5. The van der Waals surface area contributed by atoms with E-state index >= 15 is 0 Å². The quantitative estimate of drug-likeness (QED) is 0.776. The van der Waals surface area contributed by atoms with Gasteiger partial charge in [0, 0.05) is 17.8 Å². The number of tetrazole rings is 1. The van der Waals surface area contributed by atoms with Gasteiger partial charge in [-0.3, -0.25) is 0 Å². The molecule has 0 radical (unpaired) electrons. The Bertz CT molecular complexity index is 789. The van der Waals surface area contributed by atoms with Crippen LogP contribution in [0.4, 0.5) is 19.0 Å². The zero-order chi connectivity index (χ0) is 16.6. The summed E-state index contributed by atoms with van der Waals surface area (Å²) in [6.07, 6.45) is -3.45. The summed E-state index contributed by atoms with van der Waals surface area (Å²) in [4.78, 5) is 0. The van der Waals surface area contributed by atoms with Crippen molar-refractivity contribution < 1.29 is 13.2 Å². The monoisotopic (exact) mass is 322 g/mol. The Balaban J connectivity index is 1.90. The van der Waals surface area contributed by atoms with E-state index in [1.54, 1.807) is 24.3 Å². The van der Waals surface area contributed by atoms with E-state index in [9.17, 15) is 13.2 Å². The first-order chi connectivity index (χ1) is 10.9. The fraction of sp³-hybridized carbons (Fsp3) is 0.214. The summed E-state index contributed by atoms with van der Waals surface area (Å²) in [7, 11) is 0. The first-order valence-corrected chi connectivity index (χ1v) is 6.75. The lowest BCUT2D eigenvalue weighted by Gasteiger charge is -2.10. The molecule has 0 saturated heterocycles. The Labute approximate surface area is 129 Å². The average molecular weight is 322 g/mol. The van der Waals surface area contributed by atoms with E-state index in [2.05, 4.69) is 20.6 Å². The summed E-state index contributed by atoms with van der Waals surface area (Å²) in [5.41, 5.74) is 6.35. The standard InChI is InChI=1S/C14H13F3N6/c1-8(13-19-21-22-20-13)9-2-4-11(5-3-9)23-7-10(6-12(23)18)14(15,16)17/h2-8H,18H2,1H3,(H,19,20,21,22)/t8-/m1/s1. The third-order valence-electron chi connectivity index (χ3n) is 3.60. The van der Waals surface area contributed by atoms with Crippen LogP contribution >= 0.6 is 0 Å². The van der Waals surface area contributed by atoms with E-state index in [4.69, 9.17) is 5.73 Å². The first-order valence-electron chi connectivity index (χ1n) is 6.75. The van der Waals surface area contributed by atoms with Crippen molar-refractivity contribution in [2.45, 2.75) is 19.0 Å². The van der Waals surface area contributed by atoms with E-state index in [1.807, 2.05) is 6.92 Å². The van der Waals surface area contributed by atoms with E-state index < -0.39 is 11.7 Å². The Morgan fingerprint density at radius 1 is 1.22 bits per heavy atom. The molecular formula is C14H13F3N6. The molecule has 2 heterocycles. The van der Waals surface area contributed by atoms with E-state index in [1.165, 1.54) is 4.57 Å². The number of benzene rings is 1. The molecule has 0 bridgehead atoms. The number of nitrogens with one attached hydrogen (secondary N) is 1. The molecule has 0 unspecified atom stereocenters. The molecular weight excluding hydrogens is 309 g/mol. The molecule has 0 saturated carbocycles. The van der Waals surface area contributed by atoms with Gasteiger partial charge in [0.1, 0.15) is 5.82 Å². The highest BCUT2D eigenvalue weighted by atomic mass is 19.4. The van der Waals surface area contributed by atoms with Gasteiger partial charge < -0.3 is 10.3 Å². The molecule has 3 rings (SSSR count). The molecule has 120 valence electrons. The number of nitrogens with two attached hydrogens (primary N) is 1. The Kier molecular flexibility index (Phi) is 3.55. The highest BCUT2D eigenvalue weighted by molar-refractivity contribution is 5.48. The Morgan fingerprint density at radius 2 is 1.91 bits per heavy atom. The van der Waals surface area contributed by atoms with E-state index in [0.717, 1.165) is 17.8 Å². The van der Waals surface area contributed by atoms with Gasteiger partial charge in [0.2, 0.25) is 0 Å². The predicted octanol–water partition coefficient (Wildman–Crippen LogP) is 2.74. The highest BCUT2D eigenvalue weighted by Gasteiger charge is 2.32. The summed E-state index contributed by atoms with van der Waals surface area (Å²) in [6.45, 7) is 1.91. The van der Waals surface area contributed by atoms with Crippen LogP contribution in [0.15, 0.2) is 36.5 Å². The maximum absolute atomic E-state index is 12.7. The van der Waals surface area contributed by atoms with Crippen LogP contribution in [-0.4, -0.2) is 25.2 Å². The van der Waals surface area contributed by atoms with Crippen LogP contribution in [0.3, 0.4) is 0 Å². The maximum Gasteiger partial charge on any atom is 0.417 e.